The topological polar surface area (TPSA) is 55.6 Å². The fourth-order valence-corrected chi connectivity index (χ4v) is 3.44. The van der Waals surface area contributed by atoms with Crippen LogP contribution in [0.4, 0.5) is 0 Å². The number of nitrogens with two attached hydrogens (primary N) is 1. The van der Waals surface area contributed by atoms with Crippen LogP contribution in [0.2, 0.25) is 0 Å². The lowest BCUT2D eigenvalue weighted by Gasteiger charge is -2.31. The van der Waals surface area contributed by atoms with Gasteiger partial charge in [-0.05, 0) is 43.4 Å². The predicted octanol–water partition coefficient (Wildman–Crippen LogP) is 1.78. The summed E-state index contributed by atoms with van der Waals surface area (Å²) in [5.74, 6) is 0.468. The molecule has 0 aromatic carbocycles. The zero-order chi connectivity index (χ0) is 13.9. The highest BCUT2D eigenvalue weighted by molar-refractivity contribution is 5.82. The Labute approximate surface area is 116 Å². The molecule has 0 aromatic heterocycles. The van der Waals surface area contributed by atoms with E-state index in [0.717, 1.165) is 58.4 Å². The molecule has 4 heteroatoms. The monoisotopic (exact) mass is 268 g/mol. The molecule has 0 spiro atoms. The third-order valence-corrected chi connectivity index (χ3v) is 5.31. The van der Waals surface area contributed by atoms with E-state index in [4.69, 9.17) is 10.5 Å². The largest absolute Gasteiger partial charge is 0.381 e. The van der Waals surface area contributed by atoms with Crippen LogP contribution in [0.1, 0.15) is 46.0 Å². The Balaban J connectivity index is 1.93. The Kier molecular flexibility index (Phi) is 4.85. The zero-order valence-electron chi connectivity index (χ0n) is 12.4. The van der Waals surface area contributed by atoms with Gasteiger partial charge in [-0.25, -0.2) is 0 Å². The summed E-state index contributed by atoms with van der Waals surface area (Å²) in [7, 11) is 0. The molecule has 2 N–H and O–H groups in total. The highest BCUT2D eigenvalue weighted by atomic mass is 16.5. The molecule has 1 atom stereocenters. The van der Waals surface area contributed by atoms with Crippen molar-refractivity contribution in [3.63, 3.8) is 0 Å². The summed E-state index contributed by atoms with van der Waals surface area (Å²) in [5.41, 5.74) is 6.53. The highest BCUT2D eigenvalue weighted by Crippen LogP contribution is 2.37. The summed E-state index contributed by atoms with van der Waals surface area (Å²) in [6, 6.07) is -0.326. The summed E-state index contributed by atoms with van der Waals surface area (Å²) >= 11 is 0. The number of likely N-dealkylation sites (tertiary alicyclic amines) is 1. The lowest BCUT2D eigenvalue weighted by molar-refractivity contribution is -0.134. The Morgan fingerprint density at radius 1 is 1.37 bits per heavy atom. The number of hydrogen-bond donors (Lipinski definition) is 1. The molecular formula is C15H28N2O2. The molecule has 1 unspecified atom stereocenters. The van der Waals surface area contributed by atoms with Crippen molar-refractivity contribution in [2.75, 3.05) is 26.3 Å². The van der Waals surface area contributed by atoms with Crippen LogP contribution in [-0.4, -0.2) is 43.2 Å². The first-order valence-corrected chi connectivity index (χ1v) is 7.74. The highest BCUT2D eigenvalue weighted by Gasteiger charge is 2.39. The van der Waals surface area contributed by atoms with E-state index in [1.54, 1.807) is 0 Å². The van der Waals surface area contributed by atoms with Gasteiger partial charge in [-0.15, -0.1) is 0 Å². The third-order valence-electron chi connectivity index (χ3n) is 5.31. The van der Waals surface area contributed by atoms with E-state index in [1.807, 2.05) is 4.90 Å². The van der Waals surface area contributed by atoms with Crippen LogP contribution < -0.4 is 5.73 Å². The molecule has 19 heavy (non-hydrogen) atoms. The van der Waals surface area contributed by atoms with Crippen molar-refractivity contribution in [3.05, 3.63) is 0 Å². The van der Waals surface area contributed by atoms with Crippen LogP contribution in [0.25, 0.3) is 0 Å². The Bertz CT molecular complexity index is 309. The number of carbonyl (C=O) groups excluding carboxylic acids is 1. The molecule has 0 aromatic rings. The van der Waals surface area contributed by atoms with Gasteiger partial charge in [0.15, 0.2) is 0 Å². The minimum Gasteiger partial charge on any atom is -0.381 e. The molecule has 1 amide bonds. The van der Waals surface area contributed by atoms with Crippen molar-refractivity contribution in [2.24, 2.45) is 17.1 Å². The number of ether oxygens (including phenoxy) is 1. The summed E-state index contributed by atoms with van der Waals surface area (Å²) < 4.78 is 5.34. The summed E-state index contributed by atoms with van der Waals surface area (Å²) in [6.07, 6.45) is 5.28. The number of amides is 1. The molecule has 0 aliphatic carbocycles. The molecule has 2 rings (SSSR count). The maximum absolute atomic E-state index is 12.5. The predicted molar refractivity (Wildman–Crippen MR) is 75.7 cm³/mol. The van der Waals surface area contributed by atoms with Gasteiger partial charge in [0.1, 0.15) is 0 Å². The van der Waals surface area contributed by atoms with E-state index in [1.165, 1.54) is 0 Å². The van der Waals surface area contributed by atoms with Crippen LogP contribution in [0, 0.1) is 11.3 Å². The summed E-state index contributed by atoms with van der Waals surface area (Å²) in [5, 5.41) is 0. The molecule has 0 radical (unpaired) electrons. The molecule has 4 nitrogen and oxygen atoms in total. The molecule has 2 aliphatic heterocycles. The van der Waals surface area contributed by atoms with Crippen molar-refractivity contribution in [1.82, 2.24) is 4.90 Å². The van der Waals surface area contributed by atoms with Gasteiger partial charge in [-0.3, -0.25) is 4.79 Å². The second-order valence-electron chi connectivity index (χ2n) is 6.19. The van der Waals surface area contributed by atoms with E-state index in [-0.39, 0.29) is 11.9 Å². The molecule has 2 heterocycles. The van der Waals surface area contributed by atoms with Gasteiger partial charge in [0.2, 0.25) is 5.91 Å². The molecular weight excluding hydrogens is 240 g/mol. The molecule has 2 fully saturated rings. The van der Waals surface area contributed by atoms with Gasteiger partial charge < -0.3 is 15.4 Å². The lowest BCUT2D eigenvalue weighted by atomic mass is 9.82. The van der Waals surface area contributed by atoms with Gasteiger partial charge in [0.05, 0.1) is 6.04 Å². The van der Waals surface area contributed by atoms with Crippen LogP contribution in [-0.2, 0) is 9.53 Å². The molecule has 2 aliphatic rings. The van der Waals surface area contributed by atoms with Crippen LogP contribution in [0.3, 0.4) is 0 Å². The quantitative estimate of drug-likeness (QED) is 0.845. The lowest BCUT2D eigenvalue weighted by Crippen LogP contribution is -2.48. The van der Waals surface area contributed by atoms with Gasteiger partial charge in [0.25, 0.3) is 0 Å². The second kappa shape index (κ2) is 6.23. The second-order valence-corrected chi connectivity index (χ2v) is 6.19. The van der Waals surface area contributed by atoms with Crippen molar-refractivity contribution >= 4 is 5.91 Å². The van der Waals surface area contributed by atoms with Crippen LogP contribution >= 0.6 is 0 Å². The van der Waals surface area contributed by atoms with Crippen LogP contribution in [0.5, 0.6) is 0 Å². The average Bonchev–Trinajstić information content (AvgIpc) is 2.92. The first kappa shape index (κ1) is 14.8. The Hall–Kier alpha value is -0.610. The maximum Gasteiger partial charge on any atom is 0.239 e. The number of nitrogens with zero attached hydrogens (tertiary/aromatic N) is 1. The normalized spacial score (nSPS) is 25.5. The summed E-state index contributed by atoms with van der Waals surface area (Å²) in [6.45, 7) is 7.75. The molecule has 0 bridgehead atoms. The minimum atomic E-state index is -0.326. The SMILES string of the molecule is CCC1(CC)CCN(C(=O)C(N)C2CCOCC2)C1. The van der Waals surface area contributed by atoms with Gasteiger partial charge >= 0.3 is 0 Å². The van der Waals surface area contributed by atoms with Gasteiger partial charge in [-0.2, -0.15) is 0 Å². The van der Waals surface area contributed by atoms with Crippen molar-refractivity contribution in [3.8, 4) is 0 Å². The molecule has 2 saturated heterocycles. The minimum absolute atomic E-state index is 0.163. The van der Waals surface area contributed by atoms with Crippen molar-refractivity contribution < 1.29 is 9.53 Å². The van der Waals surface area contributed by atoms with E-state index in [2.05, 4.69) is 13.8 Å². The third kappa shape index (κ3) is 3.11. The number of carbonyl (C=O) groups is 1. The van der Waals surface area contributed by atoms with E-state index in [0.29, 0.717) is 11.3 Å². The molecule has 0 saturated carbocycles. The summed E-state index contributed by atoms with van der Waals surface area (Å²) in [4.78, 5) is 14.5. The zero-order valence-corrected chi connectivity index (χ0v) is 12.4. The van der Waals surface area contributed by atoms with Crippen molar-refractivity contribution in [2.45, 2.75) is 52.0 Å². The number of rotatable bonds is 4. The fraction of sp³-hybridized carbons (Fsp3) is 0.933. The first-order chi connectivity index (χ1) is 9.12. The van der Waals surface area contributed by atoms with Gasteiger partial charge in [0, 0.05) is 26.3 Å². The van der Waals surface area contributed by atoms with E-state index in [9.17, 15) is 4.79 Å². The standard InChI is InChI=1S/C15H28N2O2/c1-3-15(4-2)7-8-17(11-15)14(18)13(16)12-5-9-19-10-6-12/h12-13H,3-11,16H2,1-2H3. The maximum atomic E-state index is 12.5. The Morgan fingerprint density at radius 3 is 2.53 bits per heavy atom. The van der Waals surface area contributed by atoms with Crippen molar-refractivity contribution in [1.29, 1.82) is 0 Å². The van der Waals surface area contributed by atoms with E-state index >= 15 is 0 Å². The average molecular weight is 268 g/mol. The van der Waals surface area contributed by atoms with Crippen LogP contribution in [0.15, 0.2) is 0 Å². The van der Waals surface area contributed by atoms with Gasteiger partial charge in [-0.1, -0.05) is 13.8 Å². The number of hydrogen-bond acceptors (Lipinski definition) is 3. The Morgan fingerprint density at radius 2 is 2.00 bits per heavy atom. The first-order valence-electron chi connectivity index (χ1n) is 7.74. The fourth-order valence-electron chi connectivity index (χ4n) is 3.44. The smallest absolute Gasteiger partial charge is 0.239 e. The van der Waals surface area contributed by atoms with E-state index < -0.39 is 0 Å². The molecule has 110 valence electrons.